The number of halogens is 4. The zero-order valence-corrected chi connectivity index (χ0v) is 12.0. The number of nitrogens with zero attached hydrogens (tertiary/aromatic N) is 4. The second-order valence-corrected chi connectivity index (χ2v) is 4.26. The van der Waals surface area contributed by atoms with E-state index in [1.165, 1.54) is 0 Å². The van der Waals surface area contributed by atoms with E-state index in [0.29, 0.717) is 11.5 Å². The summed E-state index contributed by atoms with van der Waals surface area (Å²) in [5, 5.41) is 18.2. The molecule has 0 spiro atoms. The van der Waals surface area contributed by atoms with Gasteiger partial charge in [0.2, 0.25) is 5.69 Å². The summed E-state index contributed by atoms with van der Waals surface area (Å²) < 4.78 is 42.7. The fourth-order valence-electron chi connectivity index (χ4n) is 1.72. The van der Waals surface area contributed by atoms with Crippen molar-refractivity contribution in [2.45, 2.75) is 46.2 Å². The Hall–Kier alpha value is -2.03. The number of rotatable bonds is 5. The Labute approximate surface area is 121 Å². The minimum absolute atomic E-state index is 0.582. The Morgan fingerprint density at radius 1 is 1.14 bits per heavy atom. The fraction of sp³-hybridized carbons (Fsp3) is 0.583. The normalized spacial score (nSPS) is 10.3. The van der Waals surface area contributed by atoms with Gasteiger partial charge >= 0.3 is 13.1 Å². The van der Waals surface area contributed by atoms with Crippen LogP contribution in [0.5, 0.6) is 0 Å². The summed E-state index contributed by atoms with van der Waals surface area (Å²) in [7, 11) is -6.00. The lowest BCUT2D eigenvalue weighted by atomic mass is 10.3. The van der Waals surface area contributed by atoms with Crippen LogP contribution in [0.15, 0.2) is 6.20 Å². The Kier molecular flexibility index (Phi) is 8.14. The highest BCUT2D eigenvalue weighted by atomic mass is 19.5. The van der Waals surface area contributed by atoms with E-state index in [1.54, 1.807) is 6.20 Å². The molecule has 9 heteroatoms. The molecule has 0 unspecified atom stereocenters. The molecule has 1 heterocycles. The van der Waals surface area contributed by atoms with Crippen LogP contribution in [0.2, 0.25) is 0 Å². The molecule has 4 nitrogen and oxygen atoms in total. The van der Waals surface area contributed by atoms with Crippen LogP contribution in [0.25, 0.3) is 0 Å². The van der Waals surface area contributed by atoms with Gasteiger partial charge in [0.25, 0.3) is 0 Å². The first-order valence-electron chi connectivity index (χ1n) is 6.58. The molecule has 21 heavy (non-hydrogen) atoms. The molecule has 0 aliphatic rings. The van der Waals surface area contributed by atoms with Gasteiger partial charge in [-0.3, -0.25) is 0 Å². The van der Waals surface area contributed by atoms with Crippen LogP contribution in [0.4, 0.5) is 17.3 Å². The van der Waals surface area contributed by atoms with E-state index in [1.807, 2.05) is 9.13 Å². The molecule has 0 saturated heterocycles. The lowest BCUT2D eigenvalue weighted by Crippen LogP contribution is -2.35. The molecule has 0 N–H and O–H groups in total. The Bertz CT molecular complexity index is 519. The maximum absolute atomic E-state index is 9.75. The number of hydrogen-bond donors (Lipinski definition) is 0. The van der Waals surface area contributed by atoms with Crippen molar-refractivity contribution in [3.05, 3.63) is 17.7 Å². The van der Waals surface area contributed by atoms with Crippen molar-refractivity contribution in [3.8, 4) is 12.1 Å². The third kappa shape index (κ3) is 7.35. The Morgan fingerprint density at radius 2 is 1.71 bits per heavy atom. The highest BCUT2D eigenvalue weighted by Crippen LogP contribution is 2.06. The molecular weight excluding hydrogens is 287 g/mol. The van der Waals surface area contributed by atoms with Gasteiger partial charge in [-0.05, 0) is 12.8 Å². The van der Waals surface area contributed by atoms with Crippen molar-refractivity contribution in [1.82, 2.24) is 4.57 Å². The largest absolute Gasteiger partial charge is 0.673 e. The van der Waals surface area contributed by atoms with Crippen LogP contribution in [-0.2, 0) is 13.1 Å². The summed E-state index contributed by atoms with van der Waals surface area (Å²) in [6.45, 7) is 5.70. The van der Waals surface area contributed by atoms with Crippen molar-refractivity contribution in [1.29, 1.82) is 10.5 Å². The van der Waals surface area contributed by atoms with Gasteiger partial charge in [0, 0.05) is 0 Å². The first-order valence-corrected chi connectivity index (χ1v) is 6.58. The second-order valence-electron chi connectivity index (χ2n) is 4.26. The molecule has 1 aromatic heterocycles. The first-order chi connectivity index (χ1) is 9.78. The van der Waals surface area contributed by atoms with E-state index in [-0.39, 0.29) is 0 Å². The third-order valence-corrected chi connectivity index (χ3v) is 2.51. The molecule has 1 aromatic rings. The molecular formula is C12H17BF4N4. The standard InChI is InChI=1S/C12H17N4.BF4/c1-3-5-7-16-11(8-13)10-15(6-4-2)12(16)9-14;2-1(3,4)5/h10H,3-7H2,1-2H3;/q+1;-1. The predicted molar refractivity (Wildman–Crippen MR) is 69.4 cm³/mol. The Morgan fingerprint density at radius 3 is 2.10 bits per heavy atom. The maximum atomic E-state index is 9.75. The second kappa shape index (κ2) is 9.01. The SMILES string of the molecule is CCCCn1c(C#N)c[n+](CCC)c1C#N.F[B-](F)(F)F. The van der Waals surface area contributed by atoms with Gasteiger partial charge in [0.15, 0.2) is 6.07 Å². The number of aromatic nitrogens is 2. The van der Waals surface area contributed by atoms with Crippen LogP contribution < -0.4 is 4.57 Å². The lowest BCUT2D eigenvalue weighted by Gasteiger charge is -1.97. The highest BCUT2D eigenvalue weighted by Gasteiger charge is 2.22. The van der Waals surface area contributed by atoms with Crippen molar-refractivity contribution in [2.75, 3.05) is 0 Å². The zero-order valence-electron chi connectivity index (χ0n) is 12.0. The average Bonchev–Trinajstić information content (AvgIpc) is 2.71. The van der Waals surface area contributed by atoms with E-state index in [2.05, 4.69) is 26.0 Å². The molecule has 0 saturated carbocycles. The quantitative estimate of drug-likeness (QED) is 0.477. The molecule has 0 fully saturated rings. The molecule has 0 aromatic carbocycles. The molecule has 0 atom stereocenters. The lowest BCUT2D eigenvalue weighted by molar-refractivity contribution is -0.699. The molecule has 0 aliphatic carbocycles. The average molecular weight is 304 g/mol. The van der Waals surface area contributed by atoms with Gasteiger partial charge in [0.05, 0.1) is 13.1 Å². The van der Waals surface area contributed by atoms with Gasteiger partial charge in [-0.1, -0.05) is 20.3 Å². The van der Waals surface area contributed by atoms with Crippen LogP contribution in [-0.4, -0.2) is 11.8 Å². The van der Waals surface area contributed by atoms with E-state index in [4.69, 9.17) is 10.5 Å². The van der Waals surface area contributed by atoms with Crippen LogP contribution in [0, 0.1) is 22.7 Å². The fourth-order valence-corrected chi connectivity index (χ4v) is 1.72. The Balaban J connectivity index is 0.000000690. The van der Waals surface area contributed by atoms with Gasteiger partial charge < -0.3 is 17.3 Å². The van der Waals surface area contributed by atoms with Crippen LogP contribution in [0.1, 0.15) is 44.6 Å². The molecule has 0 bridgehead atoms. The molecule has 0 amide bonds. The number of imidazole rings is 1. The minimum Gasteiger partial charge on any atom is -0.418 e. The van der Waals surface area contributed by atoms with Crippen LogP contribution in [0.3, 0.4) is 0 Å². The summed E-state index contributed by atoms with van der Waals surface area (Å²) in [6.07, 6.45) is 4.78. The van der Waals surface area contributed by atoms with Crippen LogP contribution >= 0.6 is 0 Å². The maximum Gasteiger partial charge on any atom is 0.673 e. The van der Waals surface area contributed by atoms with E-state index < -0.39 is 7.25 Å². The summed E-state index contributed by atoms with van der Waals surface area (Å²) in [6, 6.07) is 4.34. The zero-order chi connectivity index (χ0) is 16.5. The topological polar surface area (TPSA) is 56.4 Å². The van der Waals surface area contributed by atoms with E-state index in [0.717, 1.165) is 32.4 Å². The monoisotopic (exact) mass is 304 g/mol. The summed E-state index contributed by atoms with van der Waals surface area (Å²) in [4.78, 5) is 0. The molecule has 0 aliphatic heterocycles. The first kappa shape index (κ1) is 19.0. The summed E-state index contributed by atoms with van der Waals surface area (Å²) >= 11 is 0. The predicted octanol–water partition coefficient (Wildman–Crippen LogP) is 3.03. The van der Waals surface area contributed by atoms with E-state index >= 15 is 0 Å². The van der Waals surface area contributed by atoms with Crippen molar-refractivity contribution in [2.24, 2.45) is 0 Å². The van der Waals surface area contributed by atoms with Gasteiger partial charge in [-0.2, -0.15) is 10.5 Å². The molecule has 116 valence electrons. The van der Waals surface area contributed by atoms with Gasteiger partial charge in [-0.25, -0.2) is 9.13 Å². The van der Waals surface area contributed by atoms with Crippen molar-refractivity contribution >= 4 is 7.25 Å². The van der Waals surface area contributed by atoms with Gasteiger partial charge in [-0.15, -0.1) is 0 Å². The number of hydrogen-bond acceptors (Lipinski definition) is 2. The van der Waals surface area contributed by atoms with Gasteiger partial charge in [0.1, 0.15) is 12.3 Å². The highest BCUT2D eigenvalue weighted by molar-refractivity contribution is 6.50. The minimum atomic E-state index is -6.00. The number of nitriles is 2. The summed E-state index contributed by atoms with van der Waals surface area (Å²) in [5.41, 5.74) is 0.582. The van der Waals surface area contributed by atoms with Crippen molar-refractivity contribution < 1.29 is 21.8 Å². The number of unbranched alkanes of at least 4 members (excludes halogenated alkanes) is 1. The molecule has 0 radical (unpaired) electrons. The molecule has 1 rings (SSSR count). The third-order valence-electron chi connectivity index (χ3n) is 2.51. The number of aryl methyl sites for hydroxylation is 1. The smallest absolute Gasteiger partial charge is 0.418 e. The summed E-state index contributed by atoms with van der Waals surface area (Å²) in [5.74, 6) is 0.590. The van der Waals surface area contributed by atoms with Crippen molar-refractivity contribution in [3.63, 3.8) is 0 Å². The van der Waals surface area contributed by atoms with E-state index in [9.17, 15) is 17.3 Å².